The van der Waals surface area contributed by atoms with Gasteiger partial charge >= 0.3 is 0 Å². The van der Waals surface area contributed by atoms with Crippen LogP contribution in [0.2, 0.25) is 0 Å². The summed E-state index contributed by atoms with van der Waals surface area (Å²) < 4.78 is 18.9. The second-order valence-corrected chi connectivity index (χ2v) is 8.78. The first kappa shape index (κ1) is 27.5. The van der Waals surface area contributed by atoms with E-state index in [4.69, 9.17) is 4.74 Å². The Morgan fingerprint density at radius 1 is 1.35 bits per heavy atom. The summed E-state index contributed by atoms with van der Waals surface area (Å²) in [7, 11) is 1.66. The smallest absolute Gasteiger partial charge is 0.231 e. The Hall–Kier alpha value is -2.73. The second kappa shape index (κ2) is 13.2. The number of methoxy groups -OCH3 is 1. The van der Waals surface area contributed by atoms with Gasteiger partial charge in [0.25, 0.3) is 0 Å². The van der Waals surface area contributed by atoms with Crippen molar-refractivity contribution in [1.29, 1.82) is 0 Å². The summed E-state index contributed by atoms with van der Waals surface area (Å²) in [6.07, 6.45) is 11.9. The van der Waals surface area contributed by atoms with E-state index >= 15 is 0 Å². The number of aliphatic hydroxyl groups is 1. The number of alkyl halides is 1. The van der Waals surface area contributed by atoms with E-state index in [0.29, 0.717) is 12.2 Å². The number of pyridine rings is 1. The molecule has 0 aliphatic heterocycles. The van der Waals surface area contributed by atoms with Crippen molar-refractivity contribution >= 4 is 17.8 Å². The lowest BCUT2D eigenvalue weighted by Gasteiger charge is -2.17. The molecule has 2 N–H and O–H groups in total. The van der Waals surface area contributed by atoms with Gasteiger partial charge in [-0.05, 0) is 86.9 Å². The molecule has 6 heteroatoms. The number of carbonyl (C=O) groups excluding carboxylic acids is 1. The maximum absolute atomic E-state index is 13.2. The van der Waals surface area contributed by atoms with Gasteiger partial charge in [-0.25, -0.2) is 9.37 Å². The molecule has 1 amide bonds. The number of carbonyl (C=O) groups is 1. The first-order valence-electron chi connectivity index (χ1n) is 12.1. The first-order valence-corrected chi connectivity index (χ1v) is 12.1. The molecular formula is C28H39FN2O3. The molecule has 1 saturated carbocycles. The molecule has 2 rings (SSSR count). The minimum absolute atomic E-state index is 0.285. The van der Waals surface area contributed by atoms with Crippen molar-refractivity contribution in [2.24, 2.45) is 5.92 Å². The SMILES string of the molecule is C/C=C(C(\C)=C/CC(O)CCC)/C(=C/c1cnc(NC(=O)C2CC2F)cc1C)C(=C/CC)/OC. The molecule has 34 heavy (non-hydrogen) atoms. The number of anilines is 1. The van der Waals surface area contributed by atoms with Crippen LogP contribution in [0.5, 0.6) is 0 Å². The lowest BCUT2D eigenvalue weighted by molar-refractivity contribution is -0.117. The van der Waals surface area contributed by atoms with E-state index < -0.39 is 12.1 Å². The van der Waals surface area contributed by atoms with Crippen LogP contribution in [0, 0.1) is 12.8 Å². The van der Waals surface area contributed by atoms with E-state index in [9.17, 15) is 14.3 Å². The third kappa shape index (κ3) is 7.66. The van der Waals surface area contributed by atoms with Crippen molar-refractivity contribution in [2.45, 2.75) is 79.0 Å². The van der Waals surface area contributed by atoms with E-state index in [2.05, 4.69) is 30.2 Å². The number of nitrogens with zero attached hydrogens (tertiary/aromatic N) is 1. The third-order valence-electron chi connectivity index (χ3n) is 5.95. The number of nitrogens with one attached hydrogen (secondary N) is 1. The van der Waals surface area contributed by atoms with E-state index in [0.717, 1.165) is 52.9 Å². The van der Waals surface area contributed by atoms with Crippen LogP contribution in [0.25, 0.3) is 6.08 Å². The summed E-state index contributed by atoms with van der Waals surface area (Å²) in [5.41, 5.74) is 4.82. The summed E-state index contributed by atoms with van der Waals surface area (Å²) in [5.74, 6) is 0.304. The quantitative estimate of drug-likeness (QED) is 0.272. The zero-order chi connectivity index (χ0) is 25.3. The summed E-state index contributed by atoms with van der Waals surface area (Å²) in [5, 5.41) is 12.9. The molecule has 1 heterocycles. The van der Waals surface area contributed by atoms with Crippen LogP contribution in [0.1, 0.15) is 70.9 Å². The average Bonchev–Trinajstić information content (AvgIpc) is 3.54. The Labute approximate surface area is 203 Å². The maximum Gasteiger partial charge on any atom is 0.231 e. The van der Waals surface area contributed by atoms with Crippen LogP contribution >= 0.6 is 0 Å². The van der Waals surface area contributed by atoms with Crippen molar-refractivity contribution in [3.05, 3.63) is 64.1 Å². The van der Waals surface area contributed by atoms with Gasteiger partial charge in [-0.1, -0.05) is 32.4 Å². The Balaban J connectivity index is 2.39. The molecule has 186 valence electrons. The number of allylic oxidation sites excluding steroid dienone is 4. The van der Waals surface area contributed by atoms with E-state index in [1.54, 1.807) is 19.4 Å². The predicted molar refractivity (Wildman–Crippen MR) is 137 cm³/mol. The fourth-order valence-corrected chi connectivity index (χ4v) is 3.84. The number of hydrogen-bond acceptors (Lipinski definition) is 4. The largest absolute Gasteiger partial charge is 0.496 e. The molecule has 1 aliphatic carbocycles. The van der Waals surface area contributed by atoms with Gasteiger partial charge in [0, 0.05) is 11.8 Å². The molecule has 1 aromatic heterocycles. The molecule has 0 aromatic carbocycles. The number of halogens is 1. The summed E-state index contributed by atoms with van der Waals surface area (Å²) >= 11 is 0. The molecule has 0 spiro atoms. The number of hydrogen-bond donors (Lipinski definition) is 2. The molecule has 1 fully saturated rings. The predicted octanol–water partition coefficient (Wildman–Crippen LogP) is 6.45. The van der Waals surface area contributed by atoms with Crippen molar-refractivity contribution < 1.29 is 19.0 Å². The van der Waals surface area contributed by atoms with Gasteiger partial charge in [-0.2, -0.15) is 0 Å². The highest BCUT2D eigenvalue weighted by Crippen LogP contribution is 2.35. The minimum atomic E-state index is -1.04. The van der Waals surface area contributed by atoms with Crippen LogP contribution in [-0.2, 0) is 9.53 Å². The van der Waals surface area contributed by atoms with Gasteiger partial charge < -0.3 is 15.2 Å². The van der Waals surface area contributed by atoms with Crippen molar-refractivity contribution in [2.75, 3.05) is 12.4 Å². The Morgan fingerprint density at radius 3 is 2.59 bits per heavy atom. The van der Waals surface area contributed by atoms with Gasteiger partial charge in [0.2, 0.25) is 5.91 Å². The molecule has 1 aliphatic rings. The average molecular weight is 471 g/mol. The monoisotopic (exact) mass is 470 g/mol. The van der Waals surface area contributed by atoms with Crippen molar-refractivity contribution in [3.8, 4) is 0 Å². The maximum atomic E-state index is 13.2. The second-order valence-electron chi connectivity index (χ2n) is 8.78. The highest BCUT2D eigenvalue weighted by atomic mass is 19.1. The molecule has 3 unspecified atom stereocenters. The summed E-state index contributed by atoms with van der Waals surface area (Å²) in [4.78, 5) is 16.4. The first-order chi connectivity index (χ1) is 16.2. The molecule has 5 nitrogen and oxygen atoms in total. The van der Waals surface area contributed by atoms with Crippen LogP contribution < -0.4 is 5.32 Å². The van der Waals surface area contributed by atoms with Crippen LogP contribution in [0.4, 0.5) is 10.2 Å². The normalized spacial score (nSPS) is 20.2. The zero-order valence-electron chi connectivity index (χ0n) is 21.3. The fourth-order valence-electron chi connectivity index (χ4n) is 3.84. The lowest BCUT2D eigenvalue weighted by Crippen LogP contribution is -2.16. The Bertz CT molecular complexity index is 978. The van der Waals surface area contributed by atoms with Gasteiger partial charge in [0.05, 0.1) is 19.1 Å². The lowest BCUT2D eigenvalue weighted by atomic mass is 9.93. The van der Waals surface area contributed by atoms with Gasteiger partial charge in [0.15, 0.2) is 0 Å². The van der Waals surface area contributed by atoms with Gasteiger partial charge in [0.1, 0.15) is 17.7 Å². The van der Waals surface area contributed by atoms with Gasteiger partial charge in [-0.15, -0.1) is 0 Å². The molecular weight excluding hydrogens is 431 g/mol. The molecule has 0 radical (unpaired) electrons. The Kier molecular flexibility index (Phi) is 10.7. The molecule has 3 atom stereocenters. The number of rotatable bonds is 12. The number of aliphatic hydroxyl groups excluding tert-OH is 1. The van der Waals surface area contributed by atoms with E-state index in [1.807, 2.05) is 39.0 Å². The van der Waals surface area contributed by atoms with Crippen molar-refractivity contribution in [1.82, 2.24) is 4.98 Å². The van der Waals surface area contributed by atoms with Crippen LogP contribution in [0.3, 0.4) is 0 Å². The topological polar surface area (TPSA) is 71.5 Å². The van der Waals surface area contributed by atoms with E-state index in [-0.39, 0.29) is 18.4 Å². The Morgan fingerprint density at radius 2 is 2.06 bits per heavy atom. The molecule has 0 saturated heterocycles. The zero-order valence-corrected chi connectivity index (χ0v) is 21.3. The number of ether oxygens (including phenoxy) is 1. The number of aryl methyl sites for hydroxylation is 1. The van der Waals surface area contributed by atoms with Crippen molar-refractivity contribution in [3.63, 3.8) is 0 Å². The standard InChI is InChI=1S/C28H39FN2O3/c1-7-10-21(32)13-12-18(4)22(9-3)23(26(34-6)11-8-2)15-20-17-30-27(14-19(20)5)31-28(33)24-16-25(24)29/h9,11-12,14-15,17,21,24-25,32H,7-8,10,13,16H2,1-6H3,(H,30,31,33)/b18-12-,22-9+,23-15-,26-11-. The van der Waals surface area contributed by atoms with Crippen LogP contribution in [0.15, 0.2) is 53.0 Å². The van der Waals surface area contributed by atoms with Gasteiger partial charge in [-0.3, -0.25) is 4.79 Å². The number of amides is 1. The highest BCUT2D eigenvalue weighted by Gasteiger charge is 2.43. The number of aromatic nitrogens is 1. The summed E-state index contributed by atoms with van der Waals surface area (Å²) in [6.45, 7) is 10.1. The van der Waals surface area contributed by atoms with E-state index in [1.165, 1.54) is 0 Å². The molecule has 0 bridgehead atoms. The molecule has 1 aromatic rings. The third-order valence-corrected chi connectivity index (χ3v) is 5.95. The summed E-state index contributed by atoms with van der Waals surface area (Å²) in [6, 6.07) is 1.80. The van der Waals surface area contributed by atoms with Crippen LogP contribution in [-0.4, -0.2) is 35.4 Å². The minimum Gasteiger partial charge on any atom is -0.496 e. The fraction of sp³-hybridized carbons (Fsp3) is 0.500. The highest BCUT2D eigenvalue weighted by molar-refractivity contribution is 5.94.